The maximum absolute atomic E-state index is 11.7. The van der Waals surface area contributed by atoms with Crippen LogP contribution in [0.1, 0.15) is 12.8 Å². The van der Waals surface area contributed by atoms with Gasteiger partial charge in [-0.2, -0.15) is 13.6 Å². The fourth-order valence-corrected chi connectivity index (χ4v) is 5.32. The molecule has 0 aromatic carbocycles. The van der Waals surface area contributed by atoms with Crippen LogP contribution < -0.4 is 16.8 Å². The van der Waals surface area contributed by atoms with Crippen molar-refractivity contribution >= 4 is 35.7 Å². The highest BCUT2D eigenvalue weighted by atomic mass is 31.3. The lowest BCUT2D eigenvalue weighted by Crippen LogP contribution is -2.26. The first kappa shape index (κ1) is 28.6. The van der Waals surface area contributed by atoms with Gasteiger partial charge in [-0.3, -0.25) is 9.32 Å². The second-order valence-corrected chi connectivity index (χ2v) is 10.4. The second-order valence-electron chi connectivity index (χ2n) is 5.94. The van der Waals surface area contributed by atoms with Gasteiger partial charge in [0.25, 0.3) is 0 Å². The Morgan fingerprint density at radius 2 is 1.81 bits per heavy atom. The average Bonchev–Trinajstić information content (AvgIpc) is 3.08. The molecular formula is C13H23N4O12P3. The molecule has 2 unspecified atom stereocenters. The first-order chi connectivity index (χ1) is 14.8. The van der Waals surface area contributed by atoms with Crippen LogP contribution in [0.15, 0.2) is 16.8 Å². The molecule has 1 rings (SSSR count). The Morgan fingerprint density at radius 3 is 2.41 bits per heavy atom. The van der Waals surface area contributed by atoms with Gasteiger partial charge >= 0.3 is 23.5 Å². The average molecular weight is 520 g/mol. The van der Waals surface area contributed by atoms with E-state index in [4.69, 9.17) is 30.9 Å². The van der Waals surface area contributed by atoms with Crippen molar-refractivity contribution in [3.8, 4) is 11.8 Å². The number of nitrogens with one attached hydrogen (secondary N) is 1. The van der Waals surface area contributed by atoms with E-state index in [1.165, 1.54) is 6.20 Å². The number of nitrogens with zero attached hydrogens (tertiary/aromatic N) is 1. The maximum Gasteiger partial charge on any atom is 0.490 e. The molecule has 1 heterocycles. The molecule has 16 nitrogen and oxygen atoms in total. The van der Waals surface area contributed by atoms with Gasteiger partial charge < -0.3 is 41.1 Å². The van der Waals surface area contributed by atoms with Crippen molar-refractivity contribution < 1.29 is 55.9 Å². The lowest BCUT2D eigenvalue weighted by molar-refractivity contribution is -0.106. The van der Waals surface area contributed by atoms with Crippen LogP contribution in [0.4, 0.5) is 0 Å². The minimum absolute atomic E-state index is 0.0642. The molecule has 19 heteroatoms. The summed E-state index contributed by atoms with van der Waals surface area (Å²) in [6.07, 6.45) is 1.51. The highest BCUT2D eigenvalue weighted by Crippen LogP contribution is 2.66. The Morgan fingerprint density at radius 1 is 1.16 bits per heavy atom. The van der Waals surface area contributed by atoms with Gasteiger partial charge in [0.1, 0.15) is 5.84 Å². The molecule has 0 aromatic heterocycles. The number of phosphoric ester groups is 1. The summed E-state index contributed by atoms with van der Waals surface area (Å²) in [4.78, 5) is 49.3. The molecule has 32 heavy (non-hydrogen) atoms. The van der Waals surface area contributed by atoms with Crippen molar-refractivity contribution in [2.75, 3.05) is 19.7 Å². The standard InChI is InChI=1S/C13H23N4O12P3/c14-5-1-2-10(13(15)17-9-18)6-16-7-11-3-4-12(27-11)8-26-31(22,23)29-32(24,25)28-30(19,20)21/h6,9,11-12,16H,3-5,7-8,14H2,(H,22,23)(H,24,25)(H2,15,17,18)(H2,19,20,21)/b10-6-/t11-,12+/m1/s1. The Bertz CT molecular complexity index is 923. The molecule has 1 amide bonds. The zero-order valence-corrected chi connectivity index (χ0v) is 19.0. The van der Waals surface area contributed by atoms with E-state index >= 15 is 0 Å². The van der Waals surface area contributed by atoms with E-state index < -0.39 is 36.2 Å². The van der Waals surface area contributed by atoms with Crippen LogP contribution in [0.5, 0.6) is 0 Å². The summed E-state index contributed by atoms with van der Waals surface area (Å²) >= 11 is 0. The third-order valence-corrected chi connectivity index (χ3v) is 7.22. The van der Waals surface area contributed by atoms with Gasteiger partial charge in [-0.05, 0) is 12.8 Å². The third-order valence-electron chi connectivity index (χ3n) is 3.42. The number of carbonyl (C=O) groups excluding carboxylic acids is 1. The summed E-state index contributed by atoms with van der Waals surface area (Å²) in [5.41, 5.74) is 11.1. The zero-order chi connectivity index (χ0) is 24.4. The van der Waals surface area contributed by atoms with Crippen molar-refractivity contribution in [1.29, 1.82) is 0 Å². The number of amides is 1. The van der Waals surface area contributed by atoms with Gasteiger partial charge in [-0.25, -0.2) is 13.7 Å². The van der Waals surface area contributed by atoms with E-state index in [0.717, 1.165) is 0 Å². The Labute approximate surface area is 182 Å². The minimum Gasteiger partial charge on any atom is -0.387 e. The monoisotopic (exact) mass is 520 g/mol. The second kappa shape index (κ2) is 12.7. The van der Waals surface area contributed by atoms with Crippen molar-refractivity contribution in [3.05, 3.63) is 11.8 Å². The summed E-state index contributed by atoms with van der Waals surface area (Å²) in [7, 11) is -16.2. The molecule has 1 saturated heterocycles. The van der Waals surface area contributed by atoms with Gasteiger partial charge in [0.05, 0.1) is 30.9 Å². The molecule has 9 N–H and O–H groups in total. The van der Waals surface area contributed by atoms with E-state index in [2.05, 4.69) is 35.3 Å². The first-order valence-corrected chi connectivity index (χ1v) is 13.1. The topological polar surface area (TPSA) is 263 Å². The first-order valence-electron chi connectivity index (χ1n) is 8.60. The van der Waals surface area contributed by atoms with Crippen molar-refractivity contribution in [2.45, 2.75) is 25.0 Å². The molecule has 4 atom stereocenters. The molecule has 0 radical (unpaired) electrons. The van der Waals surface area contributed by atoms with E-state index in [9.17, 15) is 23.4 Å². The van der Waals surface area contributed by atoms with Gasteiger partial charge in [-0.1, -0.05) is 11.8 Å². The van der Waals surface area contributed by atoms with Crippen LogP contribution in [-0.4, -0.2) is 63.7 Å². The van der Waals surface area contributed by atoms with E-state index in [1.54, 1.807) is 0 Å². The molecule has 1 aliphatic heterocycles. The molecule has 182 valence electrons. The van der Waals surface area contributed by atoms with Crippen LogP contribution in [-0.2, 0) is 36.4 Å². The SMILES string of the molecule is NCC#CC(=C/NC[C@H]1CC[C@@H](COP(=O)(O)OP(=O)(O)OP(=O)(O)O)O1)/C(N)=N\C=O. The molecular weight excluding hydrogens is 497 g/mol. The maximum atomic E-state index is 11.7. The number of amidine groups is 1. The van der Waals surface area contributed by atoms with Crippen LogP contribution in [0.2, 0.25) is 0 Å². The summed E-state index contributed by atoms with van der Waals surface area (Å²) in [5, 5.41) is 2.88. The highest BCUT2D eigenvalue weighted by molar-refractivity contribution is 7.66. The molecule has 0 bridgehead atoms. The zero-order valence-electron chi connectivity index (χ0n) is 16.3. The van der Waals surface area contributed by atoms with Gasteiger partial charge in [0.15, 0.2) is 0 Å². The van der Waals surface area contributed by atoms with Crippen LogP contribution >= 0.6 is 23.5 Å². The molecule has 0 saturated carbocycles. The Balaban J connectivity index is 2.54. The summed E-state index contributed by atoms with van der Waals surface area (Å²) in [6, 6.07) is 0. The Hall–Kier alpha value is -1.43. The number of rotatable bonds is 12. The number of hydrogen-bond acceptors (Lipinski definition) is 10. The number of aliphatic imine (C=N–C) groups is 1. The molecule has 1 aliphatic rings. The smallest absolute Gasteiger partial charge is 0.387 e. The summed E-state index contributed by atoms with van der Waals surface area (Å²) in [5.74, 6) is 5.09. The van der Waals surface area contributed by atoms with Crippen molar-refractivity contribution in [2.24, 2.45) is 16.5 Å². The molecule has 0 spiro atoms. The fraction of sp³-hybridized carbons (Fsp3) is 0.538. The Kier molecular flexibility index (Phi) is 11.4. The van der Waals surface area contributed by atoms with Crippen LogP contribution in [0, 0.1) is 11.8 Å². The summed E-state index contributed by atoms with van der Waals surface area (Å²) in [6.45, 7) is -0.204. The molecule has 0 aromatic rings. The van der Waals surface area contributed by atoms with Crippen LogP contribution in [0.25, 0.3) is 0 Å². The lowest BCUT2D eigenvalue weighted by atomic mass is 10.2. The van der Waals surface area contributed by atoms with E-state index in [1.807, 2.05) is 0 Å². The van der Waals surface area contributed by atoms with Crippen molar-refractivity contribution in [3.63, 3.8) is 0 Å². The number of carbonyl (C=O) groups is 1. The normalized spacial score (nSPS) is 23.5. The largest absolute Gasteiger partial charge is 0.490 e. The lowest BCUT2D eigenvalue weighted by Gasteiger charge is -2.18. The van der Waals surface area contributed by atoms with Gasteiger partial charge in [0, 0.05) is 12.7 Å². The fourth-order valence-electron chi connectivity index (χ4n) is 2.27. The van der Waals surface area contributed by atoms with Gasteiger partial charge in [-0.15, -0.1) is 0 Å². The van der Waals surface area contributed by atoms with E-state index in [0.29, 0.717) is 12.8 Å². The third kappa shape index (κ3) is 12.0. The molecule has 0 aliphatic carbocycles. The predicted molar refractivity (Wildman–Crippen MR) is 108 cm³/mol. The number of nitrogens with two attached hydrogens (primary N) is 2. The highest BCUT2D eigenvalue weighted by Gasteiger charge is 2.41. The number of phosphoric acid groups is 3. The molecule has 1 fully saturated rings. The minimum atomic E-state index is -5.57. The van der Waals surface area contributed by atoms with E-state index in [-0.39, 0.29) is 37.0 Å². The number of ether oxygens (including phenoxy) is 1. The van der Waals surface area contributed by atoms with Gasteiger partial charge in [0.2, 0.25) is 6.41 Å². The quantitative estimate of drug-likeness (QED) is 0.0525. The number of hydrogen-bond donors (Lipinski definition) is 7. The van der Waals surface area contributed by atoms with Crippen LogP contribution in [0.3, 0.4) is 0 Å². The summed E-state index contributed by atoms with van der Waals surface area (Å²) < 4.78 is 50.9. The van der Waals surface area contributed by atoms with Crippen molar-refractivity contribution in [1.82, 2.24) is 5.32 Å². The predicted octanol–water partition coefficient (Wildman–Crippen LogP) is -1.17.